The zero-order chi connectivity index (χ0) is 16.5. The Bertz CT molecular complexity index is 531. The van der Waals surface area contributed by atoms with Gasteiger partial charge in [0, 0.05) is 23.0 Å². The van der Waals surface area contributed by atoms with Crippen LogP contribution in [0.5, 0.6) is 0 Å². The Morgan fingerprint density at radius 3 is 2.27 bits per heavy atom. The van der Waals surface area contributed by atoms with Crippen molar-refractivity contribution in [1.82, 2.24) is 0 Å². The largest absolute Gasteiger partial charge is 0.412 e. The molecule has 2 atom stereocenters. The molecule has 1 aromatic rings. The number of hydrogen-bond donors (Lipinski definition) is 0. The molecule has 0 amide bonds. The summed E-state index contributed by atoms with van der Waals surface area (Å²) >= 11 is 1.80. The van der Waals surface area contributed by atoms with Crippen LogP contribution in [0, 0.1) is 6.92 Å². The Morgan fingerprint density at radius 2 is 1.73 bits per heavy atom. The van der Waals surface area contributed by atoms with Gasteiger partial charge in [0.15, 0.2) is 8.32 Å². The average molecular weight is 337 g/mol. The Labute approximate surface area is 140 Å². The van der Waals surface area contributed by atoms with Gasteiger partial charge in [0.25, 0.3) is 0 Å². The highest BCUT2D eigenvalue weighted by Crippen LogP contribution is 2.42. The van der Waals surface area contributed by atoms with Crippen molar-refractivity contribution in [3.8, 4) is 0 Å². The summed E-state index contributed by atoms with van der Waals surface area (Å²) in [6, 6.07) is 8.55. The van der Waals surface area contributed by atoms with Crippen molar-refractivity contribution in [3.63, 3.8) is 0 Å². The molecule has 0 spiro atoms. The summed E-state index contributed by atoms with van der Waals surface area (Å²) in [7, 11) is -1.83. The van der Waals surface area contributed by atoms with Crippen LogP contribution in [0.1, 0.15) is 39.2 Å². The Balaban J connectivity index is 2.09. The van der Waals surface area contributed by atoms with Crippen molar-refractivity contribution in [2.45, 2.75) is 74.9 Å². The third kappa shape index (κ3) is 4.24. The van der Waals surface area contributed by atoms with Gasteiger partial charge in [-0.1, -0.05) is 38.5 Å². The van der Waals surface area contributed by atoms with E-state index >= 15 is 0 Å². The van der Waals surface area contributed by atoms with E-state index in [1.165, 1.54) is 10.5 Å². The fourth-order valence-electron chi connectivity index (χ4n) is 2.38. The third-order valence-corrected chi connectivity index (χ3v) is 10.7. The van der Waals surface area contributed by atoms with Gasteiger partial charge in [-0.15, -0.1) is 11.8 Å². The summed E-state index contributed by atoms with van der Waals surface area (Å²) in [5, 5.41) is 0.432. The maximum Gasteiger partial charge on any atom is 0.192 e. The molecule has 0 aliphatic heterocycles. The van der Waals surface area contributed by atoms with Gasteiger partial charge in [-0.2, -0.15) is 0 Å². The molecule has 1 aliphatic rings. The summed E-state index contributed by atoms with van der Waals surface area (Å²) in [6.45, 7) is 13.4. The second-order valence-electron chi connectivity index (χ2n) is 7.83. The van der Waals surface area contributed by atoms with Crippen LogP contribution >= 0.6 is 11.8 Å². The normalized spacial score (nSPS) is 23.1. The van der Waals surface area contributed by atoms with E-state index in [9.17, 15) is 4.79 Å². The van der Waals surface area contributed by atoms with E-state index in [0.717, 1.165) is 0 Å². The standard InChI is InChI=1S/C18H28O2SSi/c1-13-7-9-15(10-8-13)21-17-12-14(19)11-16(17)20-22(5,6)18(2,3)4/h7-10,16-17H,11-12H2,1-6H3/t16-,17-/m0/s1. The van der Waals surface area contributed by atoms with Crippen molar-refractivity contribution in [2.24, 2.45) is 0 Å². The molecule has 2 nitrogen and oxygen atoms in total. The molecule has 0 aromatic heterocycles. The predicted octanol–water partition coefficient (Wildman–Crippen LogP) is 5.21. The molecule has 1 fully saturated rings. The van der Waals surface area contributed by atoms with Crippen molar-refractivity contribution < 1.29 is 9.22 Å². The first-order valence-corrected chi connectivity index (χ1v) is 11.8. The average Bonchev–Trinajstić information content (AvgIpc) is 2.70. The maximum atomic E-state index is 12.0. The zero-order valence-electron chi connectivity index (χ0n) is 14.6. The minimum absolute atomic E-state index is 0.0692. The van der Waals surface area contributed by atoms with Gasteiger partial charge in [-0.25, -0.2) is 0 Å². The monoisotopic (exact) mass is 336 g/mol. The summed E-state index contributed by atoms with van der Waals surface area (Å²) in [4.78, 5) is 13.2. The molecule has 0 radical (unpaired) electrons. The topological polar surface area (TPSA) is 26.3 Å². The first-order valence-electron chi connectivity index (χ1n) is 8.01. The van der Waals surface area contributed by atoms with Crippen molar-refractivity contribution in [1.29, 1.82) is 0 Å². The molecule has 0 N–H and O–H groups in total. The van der Waals surface area contributed by atoms with Crippen LogP contribution < -0.4 is 0 Å². The number of hydrogen-bond acceptors (Lipinski definition) is 3. The molecule has 122 valence electrons. The van der Waals surface area contributed by atoms with Crippen molar-refractivity contribution in [3.05, 3.63) is 29.8 Å². The highest BCUT2D eigenvalue weighted by molar-refractivity contribution is 8.00. The van der Waals surface area contributed by atoms with Crippen LogP contribution in [0.2, 0.25) is 18.1 Å². The van der Waals surface area contributed by atoms with Crippen LogP contribution in [0.4, 0.5) is 0 Å². The van der Waals surface area contributed by atoms with Crippen molar-refractivity contribution in [2.75, 3.05) is 0 Å². The van der Waals surface area contributed by atoms with Crippen molar-refractivity contribution >= 4 is 25.9 Å². The van der Waals surface area contributed by atoms with Gasteiger partial charge >= 0.3 is 0 Å². The molecule has 2 rings (SSSR count). The Morgan fingerprint density at radius 1 is 1.14 bits per heavy atom. The van der Waals surface area contributed by atoms with Crippen LogP contribution in [0.25, 0.3) is 0 Å². The number of carbonyl (C=O) groups is 1. The number of ketones is 1. The number of carbonyl (C=O) groups excluding carboxylic acids is 1. The van der Waals surface area contributed by atoms with E-state index in [1.807, 2.05) is 0 Å². The van der Waals surface area contributed by atoms with E-state index in [-0.39, 0.29) is 16.4 Å². The second-order valence-corrected chi connectivity index (χ2v) is 13.9. The molecule has 0 unspecified atom stereocenters. The first-order chi connectivity index (χ1) is 10.1. The number of thioether (sulfide) groups is 1. The molecule has 22 heavy (non-hydrogen) atoms. The lowest BCUT2D eigenvalue weighted by Crippen LogP contribution is -2.45. The number of benzene rings is 1. The van der Waals surface area contributed by atoms with E-state index in [1.54, 1.807) is 11.8 Å². The van der Waals surface area contributed by atoms with Gasteiger partial charge in [0.05, 0.1) is 6.10 Å². The lowest BCUT2D eigenvalue weighted by molar-refractivity contribution is -0.117. The van der Waals surface area contributed by atoms with Gasteiger partial charge < -0.3 is 4.43 Å². The quantitative estimate of drug-likeness (QED) is 0.706. The predicted molar refractivity (Wildman–Crippen MR) is 97.1 cm³/mol. The second kappa shape index (κ2) is 6.50. The van der Waals surface area contributed by atoms with Gasteiger partial charge in [0.1, 0.15) is 5.78 Å². The van der Waals surface area contributed by atoms with Crippen LogP contribution in [-0.2, 0) is 9.22 Å². The first kappa shape index (κ1) is 17.8. The number of aryl methyl sites for hydroxylation is 1. The van der Waals surface area contributed by atoms with E-state index in [4.69, 9.17) is 4.43 Å². The minimum atomic E-state index is -1.83. The molecular formula is C18H28O2SSi. The summed E-state index contributed by atoms with van der Waals surface area (Å²) in [5.74, 6) is 0.341. The van der Waals surface area contributed by atoms with Crippen LogP contribution in [0.15, 0.2) is 29.2 Å². The van der Waals surface area contributed by atoms with Crippen LogP contribution in [0.3, 0.4) is 0 Å². The van der Waals surface area contributed by atoms with Gasteiger partial charge in [0.2, 0.25) is 0 Å². The Kier molecular flexibility index (Phi) is 5.25. The van der Waals surface area contributed by atoms with Gasteiger partial charge in [-0.3, -0.25) is 4.79 Å². The molecule has 0 saturated heterocycles. The molecule has 4 heteroatoms. The Hall–Kier alpha value is -0.583. The molecule has 1 saturated carbocycles. The summed E-state index contributed by atoms with van der Waals surface area (Å²) < 4.78 is 6.54. The molecule has 1 aliphatic carbocycles. The summed E-state index contributed by atoms with van der Waals surface area (Å²) in [5.41, 5.74) is 1.26. The fourth-order valence-corrected chi connectivity index (χ4v) is 5.05. The van der Waals surface area contributed by atoms with E-state index in [0.29, 0.717) is 18.6 Å². The van der Waals surface area contributed by atoms with Gasteiger partial charge in [-0.05, 0) is 37.2 Å². The van der Waals surface area contributed by atoms with E-state index < -0.39 is 8.32 Å². The number of Topliss-reactive ketones (excluding diaryl/α,β-unsaturated/α-hetero) is 1. The highest BCUT2D eigenvalue weighted by Gasteiger charge is 2.43. The molecular weight excluding hydrogens is 308 g/mol. The molecule has 1 aromatic carbocycles. The lowest BCUT2D eigenvalue weighted by Gasteiger charge is -2.39. The minimum Gasteiger partial charge on any atom is -0.412 e. The molecule has 0 heterocycles. The van der Waals surface area contributed by atoms with E-state index in [2.05, 4.69) is 65.1 Å². The lowest BCUT2D eigenvalue weighted by atomic mass is 10.2. The summed E-state index contributed by atoms with van der Waals surface area (Å²) in [6.07, 6.45) is 1.29. The maximum absolute atomic E-state index is 12.0. The fraction of sp³-hybridized carbons (Fsp3) is 0.611. The van der Waals surface area contributed by atoms with Crippen LogP contribution in [-0.4, -0.2) is 25.5 Å². The molecule has 0 bridgehead atoms. The number of rotatable bonds is 4. The zero-order valence-corrected chi connectivity index (χ0v) is 16.4. The smallest absolute Gasteiger partial charge is 0.192 e. The SMILES string of the molecule is Cc1ccc(S[C@H]2CC(=O)C[C@@H]2O[Si](C)(C)C(C)(C)C)cc1. The third-order valence-electron chi connectivity index (χ3n) is 4.83. The highest BCUT2D eigenvalue weighted by atomic mass is 32.2.